The highest BCUT2D eigenvalue weighted by Crippen LogP contribution is 2.30. The van der Waals surface area contributed by atoms with Crippen LogP contribution in [-0.2, 0) is 9.53 Å². The summed E-state index contributed by atoms with van der Waals surface area (Å²) in [7, 11) is 0. The van der Waals surface area contributed by atoms with Crippen molar-refractivity contribution in [2.24, 2.45) is 5.92 Å². The molecule has 1 amide bonds. The molecule has 0 bridgehead atoms. The highest BCUT2D eigenvalue weighted by atomic mass is 79.9. The first kappa shape index (κ1) is 14.5. The summed E-state index contributed by atoms with van der Waals surface area (Å²) >= 11 is 3.56. The minimum atomic E-state index is -0.0244. The summed E-state index contributed by atoms with van der Waals surface area (Å²) < 4.78 is 5.58. The lowest BCUT2D eigenvalue weighted by Crippen LogP contribution is -2.29. The zero-order chi connectivity index (χ0) is 13.8. The van der Waals surface area contributed by atoms with Gasteiger partial charge in [-0.3, -0.25) is 4.79 Å². The molecule has 3 atom stereocenters. The van der Waals surface area contributed by atoms with Crippen molar-refractivity contribution in [2.45, 2.75) is 37.6 Å². The second-order valence-corrected chi connectivity index (χ2v) is 6.28. The summed E-state index contributed by atoms with van der Waals surface area (Å²) in [4.78, 5) is 12.6. The Morgan fingerprint density at radius 1 is 1.53 bits per heavy atom. The van der Waals surface area contributed by atoms with Gasteiger partial charge in [-0.1, -0.05) is 41.1 Å². The SMILES string of the molecule is CCC1OCCC1C(=O)Nc1ccccc1C(C)Br. The van der Waals surface area contributed by atoms with E-state index in [2.05, 4.69) is 35.1 Å². The van der Waals surface area contributed by atoms with Crippen molar-refractivity contribution in [1.82, 2.24) is 0 Å². The Kier molecular flexibility index (Phi) is 4.99. The smallest absolute Gasteiger partial charge is 0.230 e. The lowest BCUT2D eigenvalue weighted by molar-refractivity contribution is -0.121. The minimum absolute atomic E-state index is 0.0244. The molecule has 1 aromatic carbocycles. The molecule has 3 nitrogen and oxygen atoms in total. The number of carbonyl (C=O) groups excluding carboxylic acids is 1. The van der Waals surface area contributed by atoms with Crippen molar-refractivity contribution in [3.63, 3.8) is 0 Å². The van der Waals surface area contributed by atoms with Crippen molar-refractivity contribution in [3.05, 3.63) is 29.8 Å². The van der Waals surface area contributed by atoms with Crippen molar-refractivity contribution < 1.29 is 9.53 Å². The molecular weight excluding hydrogens is 306 g/mol. The van der Waals surface area contributed by atoms with Crippen molar-refractivity contribution in [2.75, 3.05) is 11.9 Å². The standard InChI is InChI=1S/C15H20BrNO2/c1-3-14-12(8-9-19-14)15(18)17-13-7-5-4-6-11(13)10(2)16/h4-7,10,12,14H,3,8-9H2,1-2H3,(H,17,18). The Balaban J connectivity index is 2.11. The van der Waals surface area contributed by atoms with Gasteiger partial charge in [0.2, 0.25) is 5.91 Å². The van der Waals surface area contributed by atoms with Gasteiger partial charge >= 0.3 is 0 Å². The van der Waals surface area contributed by atoms with Crippen LogP contribution in [0.15, 0.2) is 24.3 Å². The number of halogens is 1. The first-order valence-electron chi connectivity index (χ1n) is 6.79. The molecule has 0 radical (unpaired) electrons. The van der Waals surface area contributed by atoms with Crippen molar-refractivity contribution in [1.29, 1.82) is 0 Å². The largest absolute Gasteiger partial charge is 0.377 e. The predicted octanol–water partition coefficient (Wildman–Crippen LogP) is 3.90. The normalized spacial score (nSPS) is 24.2. The lowest BCUT2D eigenvalue weighted by Gasteiger charge is -2.18. The van der Waals surface area contributed by atoms with Gasteiger partial charge in [-0.25, -0.2) is 0 Å². The maximum absolute atomic E-state index is 12.4. The molecule has 104 valence electrons. The average molecular weight is 326 g/mol. The minimum Gasteiger partial charge on any atom is -0.377 e. The molecule has 0 aromatic heterocycles. The van der Waals surface area contributed by atoms with E-state index in [0.29, 0.717) is 6.61 Å². The molecular formula is C15H20BrNO2. The number of amides is 1. The molecule has 4 heteroatoms. The highest BCUT2D eigenvalue weighted by molar-refractivity contribution is 9.09. The van der Waals surface area contributed by atoms with Crippen LogP contribution in [0, 0.1) is 5.92 Å². The fourth-order valence-electron chi connectivity index (χ4n) is 2.53. The van der Waals surface area contributed by atoms with Crippen LogP contribution in [0.25, 0.3) is 0 Å². The summed E-state index contributed by atoms with van der Waals surface area (Å²) in [5.41, 5.74) is 1.99. The number of hydrogen-bond acceptors (Lipinski definition) is 2. The van der Waals surface area contributed by atoms with E-state index in [1.54, 1.807) is 0 Å². The van der Waals surface area contributed by atoms with E-state index in [0.717, 1.165) is 24.1 Å². The Hall–Kier alpha value is -0.870. The van der Waals surface area contributed by atoms with Crippen LogP contribution in [0.1, 0.15) is 37.1 Å². The Bertz CT molecular complexity index is 448. The Labute approximate surface area is 122 Å². The summed E-state index contributed by atoms with van der Waals surface area (Å²) in [5, 5.41) is 3.05. The summed E-state index contributed by atoms with van der Waals surface area (Å²) in [6.45, 7) is 4.80. The van der Waals surface area contributed by atoms with E-state index < -0.39 is 0 Å². The molecule has 1 heterocycles. The van der Waals surface area contributed by atoms with E-state index in [1.807, 2.05) is 24.3 Å². The monoisotopic (exact) mass is 325 g/mol. The number of para-hydroxylation sites is 1. The van der Waals surface area contributed by atoms with Gasteiger partial charge in [0.25, 0.3) is 0 Å². The number of nitrogens with one attached hydrogen (secondary N) is 1. The summed E-state index contributed by atoms with van der Waals surface area (Å²) in [5.74, 6) is 0.0497. The third kappa shape index (κ3) is 3.37. The second-order valence-electron chi connectivity index (χ2n) is 4.91. The zero-order valence-corrected chi connectivity index (χ0v) is 12.9. The van der Waals surface area contributed by atoms with Crippen molar-refractivity contribution in [3.8, 4) is 0 Å². The van der Waals surface area contributed by atoms with Crippen molar-refractivity contribution >= 4 is 27.5 Å². The maximum atomic E-state index is 12.4. The van der Waals surface area contributed by atoms with Crippen LogP contribution < -0.4 is 5.32 Å². The van der Waals surface area contributed by atoms with Crippen LogP contribution in [-0.4, -0.2) is 18.6 Å². The van der Waals surface area contributed by atoms with E-state index in [1.165, 1.54) is 0 Å². The summed E-state index contributed by atoms with van der Waals surface area (Å²) in [6, 6.07) is 7.90. The topological polar surface area (TPSA) is 38.3 Å². The van der Waals surface area contributed by atoms with Gasteiger partial charge in [0.15, 0.2) is 0 Å². The van der Waals surface area contributed by atoms with Crippen LogP contribution in [0.3, 0.4) is 0 Å². The van der Waals surface area contributed by atoms with Gasteiger partial charge in [-0.05, 0) is 31.4 Å². The summed E-state index contributed by atoms with van der Waals surface area (Å²) in [6.07, 6.45) is 1.76. The first-order chi connectivity index (χ1) is 9.13. The molecule has 0 aliphatic carbocycles. The van der Waals surface area contributed by atoms with E-state index in [9.17, 15) is 4.79 Å². The predicted molar refractivity (Wildman–Crippen MR) is 80.6 cm³/mol. The molecule has 3 unspecified atom stereocenters. The molecule has 1 aliphatic heterocycles. The zero-order valence-electron chi connectivity index (χ0n) is 11.4. The fourth-order valence-corrected chi connectivity index (χ4v) is 2.93. The van der Waals surface area contributed by atoms with Gasteiger partial charge in [0.1, 0.15) is 0 Å². The van der Waals surface area contributed by atoms with Gasteiger partial charge in [-0.15, -0.1) is 0 Å². The fraction of sp³-hybridized carbons (Fsp3) is 0.533. The number of ether oxygens (including phenoxy) is 1. The van der Waals surface area contributed by atoms with Crippen LogP contribution in [0.2, 0.25) is 0 Å². The molecule has 1 saturated heterocycles. The molecule has 1 aliphatic rings. The van der Waals surface area contributed by atoms with Gasteiger partial charge in [-0.2, -0.15) is 0 Å². The van der Waals surface area contributed by atoms with Crippen LogP contribution in [0.5, 0.6) is 0 Å². The number of rotatable bonds is 4. The lowest BCUT2D eigenvalue weighted by atomic mass is 9.98. The second kappa shape index (κ2) is 6.53. The van der Waals surface area contributed by atoms with E-state index >= 15 is 0 Å². The molecule has 1 aromatic rings. The van der Waals surface area contributed by atoms with E-state index in [4.69, 9.17) is 4.74 Å². The quantitative estimate of drug-likeness (QED) is 0.853. The molecule has 0 spiro atoms. The van der Waals surface area contributed by atoms with Gasteiger partial charge < -0.3 is 10.1 Å². The van der Waals surface area contributed by atoms with Crippen LogP contribution in [0.4, 0.5) is 5.69 Å². The Morgan fingerprint density at radius 3 is 2.95 bits per heavy atom. The molecule has 19 heavy (non-hydrogen) atoms. The number of carbonyl (C=O) groups is 1. The average Bonchev–Trinajstić information content (AvgIpc) is 2.87. The molecule has 0 saturated carbocycles. The molecule has 1 fully saturated rings. The third-order valence-corrected chi connectivity index (χ3v) is 4.09. The maximum Gasteiger partial charge on any atom is 0.230 e. The number of benzene rings is 1. The molecule has 1 N–H and O–H groups in total. The number of alkyl halides is 1. The molecule has 2 rings (SSSR count). The van der Waals surface area contributed by atoms with Gasteiger partial charge in [0.05, 0.1) is 12.0 Å². The first-order valence-corrected chi connectivity index (χ1v) is 7.70. The third-order valence-electron chi connectivity index (χ3n) is 3.60. The Morgan fingerprint density at radius 2 is 2.26 bits per heavy atom. The van der Waals surface area contributed by atoms with E-state index in [-0.39, 0.29) is 22.8 Å². The highest BCUT2D eigenvalue weighted by Gasteiger charge is 2.33. The number of hydrogen-bond donors (Lipinski definition) is 1. The number of anilines is 1. The van der Waals surface area contributed by atoms with Gasteiger partial charge in [0, 0.05) is 17.1 Å². The van der Waals surface area contributed by atoms with Crippen LogP contribution >= 0.6 is 15.9 Å².